The molecule has 2 heterocycles. The van der Waals surface area contributed by atoms with Crippen LogP contribution in [0.1, 0.15) is 0 Å². The number of benzene rings is 1. The lowest BCUT2D eigenvalue weighted by atomic mass is 10.2. The molecule has 0 amide bonds. The Morgan fingerprint density at radius 2 is 1.89 bits per heavy atom. The molecule has 0 spiro atoms. The standard InChI is InChI=1S/C13H6Cl2N2O2/c14-8-1-2-11-10(4-8)13(18)19-12(17-11)7-3-9(15)6-16-5-7/h1-6H. The smallest absolute Gasteiger partial charge is 0.347 e. The van der Waals surface area contributed by atoms with Gasteiger partial charge in [0, 0.05) is 17.4 Å². The Morgan fingerprint density at radius 3 is 2.68 bits per heavy atom. The Hall–Kier alpha value is -1.91. The van der Waals surface area contributed by atoms with Crippen molar-refractivity contribution in [3.8, 4) is 11.5 Å². The molecule has 19 heavy (non-hydrogen) atoms. The zero-order valence-corrected chi connectivity index (χ0v) is 10.9. The first-order valence-corrected chi connectivity index (χ1v) is 6.10. The zero-order chi connectivity index (χ0) is 13.4. The SMILES string of the molecule is O=c1oc(-c2cncc(Cl)c2)nc2ccc(Cl)cc12. The Balaban J connectivity index is 2.27. The van der Waals surface area contributed by atoms with Crippen LogP contribution in [-0.2, 0) is 0 Å². The van der Waals surface area contributed by atoms with E-state index in [1.54, 1.807) is 18.2 Å². The fourth-order valence-electron chi connectivity index (χ4n) is 1.70. The fraction of sp³-hybridized carbons (Fsp3) is 0. The number of hydrogen-bond donors (Lipinski definition) is 0. The van der Waals surface area contributed by atoms with Gasteiger partial charge in [-0.15, -0.1) is 0 Å². The third-order valence-corrected chi connectivity index (χ3v) is 2.98. The van der Waals surface area contributed by atoms with Gasteiger partial charge in [0.1, 0.15) is 0 Å². The lowest BCUT2D eigenvalue weighted by Crippen LogP contribution is -2.03. The van der Waals surface area contributed by atoms with Crippen LogP contribution in [0.25, 0.3) is 22.4 Å². The van der Waals surface area contributed by atoms with Crippen molar-refractivity contribution in [2.45, 2.75) is 0 Å². The topological polar surface area (TPSA) is 56.0 Å². The van der Waals surface area contributed by atoms with E-state index in [1.807, 2.05) is 0 Å². The molecule has 1 aromatic carbocycles. The number of rotatable bonds is 1. The first kappa shape index (κ1) is 12.1. The molecule has 0 fully saturated rings. The van der Waals surface area contributed by atoms with Crippen LogP contribution in [0.4, 0.5) is 0 Å². The lowest BCUT2D eigenvalue weighted by molar-refractivity contribution is 0.518. The Labute approximate surface area is 117 Å². The van der Waals surface area contributed by atoms with Crippen molar-refractivity contribution in [1.29, 1.82) is 0 Å². The van der Waals surface area contributed by atoms with E-state index in [9.17, 15) is 4.79 Å². The average molecular weight is 293 g/mol. The van der Waals surface area contributed by atoms with Crippen LogP contribution < -0.4 is 5.63 Å². The van der Waals surface area contributed by atoms with E-state index >= 15 is 0 Å². The van der Waals surface area contributed by atoms with E-state index < -0.39 is 5.63 Å². The van der Waals surface area contributed by atoms with E-state index in [4.69, 9.17) is 27.6 Å². The number of fused-ring (bicyclic) bond motifs is 1. The third kappa shape index (κ3) is 2.32. The van der Waals surface area contributed by atoms with E-state index in [1.165, 1.54) is 18.5 Å². The quantitative estimate of drug-likeness (QED) is 0.688. The maximum atomic E-state index is 11.9. The molecule has 4 nitrogen and oxygen atoms in total. The largest absolute Gasteiger partial charge is 0.403 e. The minimum absolute atomic E-state index is 0.176. The van der Waals surface area contributed by atoms with E-state index in [2.05, 4.69) is 9.97 Å². The number of nitrogens with zero attached hydrogens (tertiary/aromatic N) is 2. The lowest BCUT2D eigenvalue weighted by Gasteiger charge is -2.01. The van der Waals surface area contributed by atoms with Crippen molar-refractivity contribution < 1.29 is 4.42 Å². The Kier molecular flexibility index (Phi) is 2.97. The van der Waals surface area contributed by atoms with Crippen LogP contribution in [0.5, 0.6) is 0 Å². The highest BCUT2D eigenvalue weighted by Gasteiger charge is 2.09. The van der Waals surface area contributed by atoms with Gasteiger partial charge in [-0.25, -0.2) is 9.78 Å². The van der Waals surface area contributed by atoms with Gasteiger partial charge in [0.25, 0.3) is 0 Å². The summed E-state index contributed by atoms with van der Waals surface area (Å²) in [5.74, 6) is 0.176. The van der Waals surface area contributed by atoms with Crippen molar-refractivity contribution in [2.24, 2.45) is 0 Å². The Morgan fingerprint density at radius 1 is 1.05 bits per heavy atom. The maximum Gasteiger partial charge on any atom is 0.347 e. The summed E-state index contributed by atoms with van der Waals surface area (Å²) in [5, 5.41) is 1.24. The van der Waals surface area contributed by atoms with E-state index in [0.717, 1.165) is 0 Å². The van der Waals surface area contributed by atoms with Gasteiger partial charge < -0.3 is 4.42 Å². The minimum atomic E-state index is -0.498. The van der Waals surface area contributed by atoms with Crippen molar-refractivity contribution in [1.82, 2.24) is 9.97 Å². The zero-order valence-electron chi connectivity index (χ0n) is 9.43. The molecule has 0 aliphatic carbocycles. The first-order chi connectivity index (χ1) is 9.13. The van der Waals surface area contributed by atoms with Crippen molar-refractivity contribution in [2.75, 3.05) is 0 Å². The predicted molar refractivity (Wildman–Crippen MR) is 73.5 cm³/mol. The monoisotopic (exact) mass is 292 g/mol. The van der Waals surface area contributed by atoms with Gasteiger partial charge >= 0.3 is 5.63 Å². The summed E-state index contributed by atoms with van der Waals surface area (Å²) in [7, 11) is 0. The van der Waals surface area contributed by atoms with Gasteiger partial charge in [0.2, 0.25) is 5.89 Å². The van der Waals surface area contributed by atoms with Crippen LogP contribution in [0.3, 0.4) is 0 Å². The van der Waals surface area contributed by atoms with Gasteiger partial charge in [-0.1, -0.05) is 23.2 Å². The highest BCUT2D eigenvalue weighted by Crippen LogP contribution is 2.21. The number of aromatic nitrogens is 2. The highest BCUT2D eigenvalue weighted by molar-refractivity contribution is 6.31. The molecular formula is C13H6Cl2N2O2. The summed E-state index contributed by atoms with van der Waals surface area (Å²) in [6.07, 6.45) is 3.02. The summed E-state index contributed by atoms with van der Waals surface area (Å²) in [5.41, 5.74) is 0.555. The molecule has 0 bridgehead atoms. The molecule has 0 saturated carbocycles. The summed E-state index contributed by atoms with van der Waals surface area (Å²) in [6, 6.07) is 6.48. The van der Waals surface area contributed by atoms with Gasteiger partial charge in [-0.05, 0) is 24.3 Å². The molecule has 0 aliphatic rings. The fourth-order valence-corrected chi connectivity index (χ4v) is 2.04. The minimum Gasteiger partial charge on any atom is -0.403 e. The normalized spacial score (nSPS) is 10.8. The van der Waals surface area contributed by atoms with E-state index in [-0.39, 0.29) is 5.89 Å². The summed E-state index contributed by atoms with van der Waals surface area (Å²) in [6.45, 7) is 0. The van der Waals surface area contributed by atoms with Crippen LogP contribution in [-0.4, -0.2) is 9.97 Å². The summed E-state index contributed by atoms with van der Waals surface area (Å²) < 4.78 is 5.16. The van der Waals surface area contributed by atoms with Crippen molar-refractivity contribution in [3.63, 3.8) is 0 Å². The average Bonchev–Trinajstić information content (AvgIpc) is 2.39. The van der Waals surface area contributed by atoms with Crippen molar-refractivity contribution in [3.05, 3.63) is 57.1 Å². The molecule has 3 aromatic rings. The maximum absolute atomic E-state index is 11.9. The van der Waals surface area contributed by atoms with Gasteiger partial charge in [0.15, 0.2) is 0 Å². The molecule has 0 saturated heterocycles. The molecule has 94 valence electrons. The second-order valence-corrected chi connectivity index (χ2v) is 4.73. The number of pyridine rings is 1. The van der Waals surface area contributed by atoms with Crippen LogP contribution in [0, 0.1) is 0 Å². The van der Waals surface area contributed by atoms with Crippen LogP contribution >= 0.6 is 23.2 Å². The van der Waals surface area contributed by atoms with E-state index in [0.29, 0.717) is 26.5 Å². The predicted octanol–water partition coefficient (Wildman–Crippen LogP) is 3.56. The van der Waals surface area contributed by atoms with Gasteiger partial charge in [-0.2, -0.15) is 0 Å². The van der Waals surface area contributed by atoms with Gasteiger partial charge in [0.05, 0.1) is 21.5 Å². The van der Waals surface area contributed by atoms with Gasteiger partial charge in [-0.3, -0.25) is 4.98 Å². The molecule has 0 aliphatic heterocycles. The summed E-state index contributed by atoms with van der Waals surface area (Å²) in [4.78, 5) is 20.1. The first-order valence-electron chi connectivity index (χ1n) is 5.35. The second kappa shape index (κ2) is 4.64. The van der Waals surface area contributed by atoms with Crippen LogP contribution in [0.2, 0.25) is 10.0 Å². The van der Waals surface area contributed by atoms with Crippen LogP contribution in [0.15, 0.2) is 45.9 Å². The second-order valence-electron chi connectivity index (χ2n) is 3.86. The molecule has 0 radical (unpaired) electrons. The summed E-state index contributed by atoms with van der Waals surface area (Å²) >= 11 is 11.7. The molecule has 0 unspecified atom stereocenters. The Bertz CT molecular complexity index is 830. The number of halogens is 2. The molecule has 3 rings (SSSR count). The van der Waals surface area contributed by atoms with Crippen molar-refractivity contribution >= 4 is 34.1 Å². The molecule has 6 heteroatoms. The molecule has 0 atom stereocenters. The highest BCUT2D eigenvalue weighted by atomic mass is 35.5. The molecular weight excluding hydrogens is 287 g/mol. The molecule has 0 N–H and O–H groups in total. The third-order valence-electron chi connectivity index (χ3n) is 2.54. The molecule has 2 aromatic heterocycles. The number of hydrogen-bond acceptors (Lipinski definition) is 4.